The summed E-state index contributed by atoms with van der Waals surface area (Å²) < 4.78 is 7.24. The van der Waals surface area contributed by atoms with E-state index >= 15 is 0 Å². The summed E-state index contributed by atoms with van der Waals surface area (Å²) in [5.41, 5.74) is 4.79. The Morgan fingerprint density at radius 1 is 1.00 bits per heavy atom. The van der Waals surface area contributed by atoms with Gasteiger partial charge in [0.25, 0.3) is 5.56 Å². The molecule has 0 radical (unpaired) electrons. The molecule has 5 heteroatoms. The molecule has 0 saturated carbocycles. The molecule has 146 valence electrons. The van der Waals surface area contributed by atoms with Gasteiger partial charge in [0.05, 0.1) is 23.7 Å². The Labute approximate surface area is 174 Å². The van der Waals surface area contributed by atoms with Crippen molar-refractivity contribution in [1.29, 1.82) is 0 Å². The van der Waals surface area contributed by atoms with E-state index in [1.165, 1.54) is 5.56 Å². The number of nitrogens with zero attached hydrogens (tertiary/aromatic N) is 2. The largest absolute Gasteiger partial charge is 0.496 e. The van der Waals surface area contributed by atoms with Crippen LogP contribution in [0.5, 0.6) is 5.75 Å². The van der Waals surface area contributed by atoms with Crippen LogP contribution in [-0.2, 0) is 5.75 Å². The molecule has 4 aromatic rings. The summed E-state index contributed by atoms with van der Waals surface area (Å²) >= 11 is 1.54. The third kappa shape index (κ3) is 3.78. The van der Waals surface area contributed by atoms with Gasteiger partial charge in [0, 0.05) is 11.3 Å². The quantitative estimate of drug-likeness (QED) is 0.335. The first-order valence-corrected chi connectivity index (χ1v) is 10.4. The molecule has 0 N–H and O–H groups in total. The molecule has 0 unspecified atom stereocenters. The summed E-state index contributed by atoms with van der Waals surface area (Å²) in [4.78, 5) is 18.2. The summed E-state index contributed by atoms with van der Waals surface area (Å²) in [6.07, 6.45) is 0. The van der Waals surface area contributed by atoms with E-state index < -0.39 is 0 Å². The van der Waals surface area contributed by atoms with E-state index in [2.05, 4.69) is 13.0 Å². The number of benzene rings is 3. The van der Waals surface area contributed by atoms with Crippen molar-refractivity contribution in [3.8, 4) is 11.4 Å². The number of methoxy groups -OCH3 is 1. The monoisotopic (exact) mass is 402 g/mol. The SMILES string of the molecule is COc1ccc(C)cc1CSc1nc2ccccc2c(=O)n1-c1ccccc1C. The number of hydrogen-bond donors (Lipinski definition) is 0. The van der Waals surface area contributed by atoms with Crippen LogP contribution in [0.3, 0.4) is 0 Å². The molecular formula is C24H22N2O2S. The smallest absolute Gasteiger partial charge is 0.266 e. The highest BCUT2D eigenvalue weighted by atomic mass is 32.2. The molecule has 0 fully saturated rings. The maximum atomic E-state index is 13.4. The maximum absolute atomic E-state index is 13.4. The summed E-state index contributed by atoms with van der Waals surface area (Å²) in [5, 5.41) is 1.29. The summed E-state index contributed by atoms with van der Waals surface area (Å²) in [7, 11) is 1.68. The highest BCUT2D eigenvalue weighted by molar-refractivity contribution is 7.98. The third-order valence-electron chi connectivity index (χ3n) is 4.89. The van der Waals surface area contributed by atoms with Gasteiger partial charge in [0.1, 0.15) is 5.75 Å². The first-order valence-electron chi connectivity index (χ1n) is 9.42. The average molecular weight is 403 g/mol. The molecular weight excluding hydrogens is 380 g/mol. The van der Waals surface area contributed by atoms with E-state index in [0.717, 1.165) is 22.6 Å². The van der Waals surface area contributed by atoms with E-state index in [1.807, 2.05) is 67.6 Å². The minimum Gasteiger partial charge on any atom is -0.496 e. The molecule has 3 aromatic carbocycles. The third-order valence-corrected chi connectivity index (χ3v) is 5.88. The Hall–Kier alpha value is -3.05. The molecule has 1 heterocycles. The first-order chi connectivity index (χ1) is 14.1. The van der Waals surface area contributed by atoms with Crippen LogP contribution in [0, 0.1) is 13.8 Å². The fourth-order valence-corrected chi connectivity index (χ4v) is 4.38. The Morgan fingerprint density at radius 3 is 2.55 bits per heavy atom. The second-order valence-corrected chi connectivity index (χ2v) is 7.89. The van der Waals surface area contributed by atoms with Crippen molar-refractivity contribution in [2.45, 2.75) is 24.8 Å². The molecule has 0 aliphatic carbocycles. The Kier molecular flexibility index (Phi) is 5.41. The summed E-state index contributed by atoms with van der Waals surface area (Å²) in [5.74, 6) is 1.50. The van der Waals surface area contributed by atoms with Crippen LogP contribution in [0.15, 0.2) is 76.7 Å². The topological polar surface area (TPSA) is 44.1 Å². The molecule has 4 rings (SSSR count). The summed E-state index contributed by atoms with van der Waals surface area (Å²) in [6.45, 7) is 4.07. The van der Waals surface area contributed by atoms with Crippen LogP contribution in [0.1, 0.15) is 16.7 Å². The number of ether oxygens (including phenoxy) is 1. The van der Waals surface area contributed by atoms with E-state index in [1.54, 1.807) is 23.4 Å². The van der Waals surface area contributed by atoms with Gasteiger partial charge in [-0.3, -0.25) is 9.36 Å². The Bertz CT molecular complexity index is 1250. The van der Waals surface area contributed by atoms with Crippen molar-refractivity contribution in [2.24, 2.45) is 0 Å². The molecule has 0 bridgehead atoms. The summed E-state index contributed by atoms with van der Waals surface area (Å²) in [6, 6.07) is 21.5. The minimum atomic E-state index is -0.0522. The van der Waals surface area contributed by atoms with Crippen molar-refractivity contribution in [3.63, 3.8) is 0 Å². The van der Waals surface area contributed by atoms with E-state index in [-0.39, 0.29) is 5.56 Å². The van der Waals surface area contributed by atoms with Gasteiger partial charge in [0.15, 0.2) is 5.16 Å². The van der Waals surface area contributed by atoms with Crippen LogP contribution in [-0.4, -0.2) is 16.7 Å². The fraction of sp³-hybridized carbons (Fsp3) is 0.167. The highest BCUT2D eigenvalue weighted by Gasteiger charge is 2.15. The first kappa shape index (κ1) is 19.3. The molecule has 0 aliphatic heterocycles. The predicted molar refractivity (Wildman–Crippen MR) is 119 cm³/mol. The van der Waals surface area contributed by atoms with E-state index in [4.69, 9.17) is 9.72 Å². The van der Waals surface area contributed by atoms with Gasteiger partial charge in [-0.2, -0.15) is 0 Å². The number of fused-ring (bicyclic) bond motifs is 1. The van der Waals surface area contributed by atoms with Gasteiger partial charge in [-0.25, -0.2) is 4.98 Å². The second kappa shape index (κ2) is 8.13. The predicted octanol–water partition coefficient (Wildman–Crippen LogP) is 5.30. The van der Waals surface area contributed by atoms with Crippen LogP contribution in [0.25, 0.3) is 16.6 Å². The lowest BCUT2D eigenvalue weighted by atomic mass is 10.1. The van der Waals surface area contributed by atoms with Crippen LogP contribution in [0.4, 0.5) is 0 Å². The molecule has 0 amide bonds. The van der Waals surface area contributed by atoms with Crippen molar-refractivity contribution in [2.75, 3.05) is 7.11 Å². The molecule has 1 aromatic heterocycles. The molecule has 0 atom stereocenters. The maximum Gasteiger partial charge on any atom is 0.266 e. The Balaban J connectivity index is 1.85. The molecule has 29 heavy (non-hydrogen) atoms. The van der Waals surface area contributed by atoms with Gasteiger partial charge >= 0.3 is 0 Å². The number of para-hydroxylation sites is 2. The number of aryl methyl sites for hydroxylation is 2. The molecule has 4 nitrogen and oxygen atoms in total. The lowest BCUT2D eigenvalue weighted by Crippen LogP contribution is -2.22. The van der Waals surface area contributed by atoms with Gasteiger partial charge in [-0.1, -0.05) is 59.8 Å². The van der Waals surface area contributed by atoms with E-state index in [0.29, 0.717) is 21.8 Å². The minimum absolute atomic E-state index is 0.0522. The lowest BCUT2D eigenvalue weighted by molar-refractivity contribution is 0.411. The zero-order valence-corrected chi connectivity index (χ0v) is 17.5. The number of rotatable bonds is 5. The van der Waals surface area contributed by atoms with Crippen LogP contribution < -0.4 is 10.3 Å². The van der Waals surface area contributed by atoms with Crippen molar-refractivity contribution >= 4 is 22.7 Å². The second-order valence-electron chi connectivity index (χ2n) is 6.94. The van der Waals surface area contributed by atoms with Crippen LogP contribution in [0.2, 0.25) is 0 Å². The zero-order valence-electron chi connectivity index (χ0n) is 16.7. The normalized spacial score (nSPS) is 11.0. The van der Waals surface area contributed by atoms with Crippen molar-refractivity contribution < 1.29 is 4.74 Å². The molecule has 0 spiro atoms. The van der Waals surface area contributed by atoms with Crippen LogP contribution >= 0.6 is 11.8 Å². The number of hydrogen-bond acceptors (Lipinski definition) is 4. The van der Waals surface area contributed by atoms with Gasteiger partial charge in [-0.15, -0.1) is 0 Å². The zero-order chi connectivity index (χ0) is 20.4. The molecule has 0 saturated heterocycles. The average Bonchev–Trinajstić information content (AvgIpc) is 2.73. The van der Waals surface area contributed by atoms with Crippen molar-refractivity contribution in [1.82, 2.24) is 9.55 Å². The molecule has 0 aliphatic rings. The lowest BCUT2D eigenvalue weighted by Gasteiger charge is -2.16. The highest BCUT2D eigenvalue weighted by Crippen LogP contribution is 2.30. The van der Waals surface area contributed by atoms with Gasteiger partial charge in [0.2, 0.25) is 0 Å². The number of thioether (sulfide) groups is 1. The number of aromatic nitrogens is 2. The standard InChI is InChI=1S/C24H22N2O2S/c1-16-12-13-22(28-3)18(14-16)15-29-24-25-20-10-6-5-9-19(20)23(27)26(24)21-11-7-4-8-17(21)2/h4-14H,15H2,1-3H3. The fourth-order valence-electron chi connectivity index (χ4n) is 3.40. The Morgan fingerprint density at radius 2 is 1.76 bits per heavy atom. The van der Waals surface area contributed by atoms with E-state index in [9.17, 15) is 4.79 Å². The van der Waals surface area contributed by atoms with Gasteiger partial charge < -0.3 is 4.74 Å². The van der Waals surface area contributed by atoms with Crippen molar-refractivity contribution in [3.05, 3.63) is 93.8 Å². The van der Waals surface area contributed by atoms with Gasteiger partial charge in [-0.05, 0) is 43.7 Å².